The highest BCUT2D eigenvalue weighted by molar-refractivity contribution is 5.92. The summed E-state index contributed by atoms with van der Waals surface area (Å²) in [5.74, 6) is -4.57. The summed E-state index contributed by atoms with van der Waals surface area (Å²) in [5, 5.41) is 30.0. The summed E-state index contributed by atoms with van der Waals surface area (Å²) in [6.07, 6.45) is -0.794. The fourth-order valence-electron chi connectivity index (χ4n) is 1.14. The van der Waals surface area contributed by atoms with Gasteiger partial charge >= 0.3 is 11.9 Å². The fraction of sp³-hybridized carbons (Fsp3) is 0.600. The average Bonchev–Trinajstić information content (AvgIpc) is 2.35. The van der Waals surface area contributed by atoms with E-state index in [4.69, 9.17) is 21.1 Å². The minimum Gasteiger partial charge on any atom is -0.481 e. The number of carboxylic acids is 2. The van der Waals surface area contributed by atoms with E-state index in [0.29, 0.717) is 0 Å². The molecule has 2 amide bonds. The first-order valence-electron chi connectivity index (χ1n) is 5.60. The molecule has 0 aliphatic carbocycles. The predicted octanol–water partition coefficient (Wildman–Crippen LogP) is -3.15. The van der Waals surface area contributed by atoms with Crippen LogP contribution in [0.25, 0.3) is 0 Å². The highest BCUT2D eigenvalue weighted by Gasteiger charge is 2.26. The van der Waals surface area contributed by atoms with Crippen LogP contribution in [0.1, 0.15) is 13.3 Å². The van der Waals surface area contributed by atoms with Crippen molar-refractivity contribution in [2.45, 2.75) is 31.5 Å². The number of aliphatic hydroxyl groups is 1. The molecule has 10 heteroatoms. The zero-order valence-electron chi connectivity index (χ0n) is 10.7. The van der Waals surface area contributed by atoms with E-state index >= 15 is 0 Å². The Labute approximate surface area is 113 Å². The third-order valence-corrected chi connectivity index (χ3v) is 2.28. The van der Waals surface area contributed by atoms with E-state index in [1.807, 2.05) is 5.32 Å². The van der Waals surface area contributed by atoms with Gasteiger partial charge in [0.1, 0.15) is 18.1 Å². The molecule has 114 valence electrons. The molecule has 3 atom stereocenters. The van der Waals surface area contributed by atoms with Gasteiger partial charge in [-0.3, -0.25) is 14.4 Å². The van der Waals surface area contributed by atoms with Gasteiger partial charge in [-0.15, -0.1) is 0 Å². The van der Waals surface area contributed by atoms with E-state index < -0.39 is 54.9 Å². The van der Waals surface area contributed by atoms with Crippen LogP contribution in [-0.4, -0.2) is 63.8 Å². The van der Waals surface area contributed by atoms with Crippen LogP contribution in [0.15, 0.2) is 0 Å². The zero-order chi connectivity index (χ0) is 15.9. The number of aliphatic carboxylic acids is 2. The minimum absolute atomic E-state index is 0.614. The van der Waals surface area contributed by atoms with E-state index in [0.717, 1.165) is 0 Å². The zero-order valence-corrected chi connectivity index (χ0v) is 10.7. The van der Waals surface area contributed by atoms with E-state index in [2.05, 4.69) is 5.32 Å². The molecule has 0 heterocycles. The molecule has 0 saturated heterocycles. The average molecular weight is 291 g/mol. The van der Waals surface area contributed by atoms with Gasteiger partial charge in [0.2, 0.25) is 11.8 Å². The lowest BCUT2D eigenvalue weighted by atomic mass is 10.2. The van der Waals surface area contributed by atoms with Gasteiger partial charge in [-0.1, -0.05) is 0 Å². The molecular weight excluding hydrogens is 274 g/mol. The molecule has 0 aromatic heterocycles. The van der Waals surface area contributed by atoms with Crippen molar-refractivity contribution in [2.75, 3.05) is 6.61 Å². The molecule has 0 bridgehead atoms. The van der Waals surface area contributed by atoms with E-state index in [-0.39, 0.29) is 0 Å². The first-order chi connectivity index (χ1) is 9.18. The maximum atomic E-state index is 11.6. The highest BCUT2D eigenvalue weighted by Crippen LogP contribution is 1.95. The minimum atomic E-state index is -1.61. The van der Waals surface area contributed by atoms with Crippen LogP contribution in [0.2, 0.25) is 0 Å². The topological polar surface area (TPSA) is 179 Å². The quantitative estimate of drug-likeness (QED) is 0.271. The molecule has 7 N–H and O–H groups in total. The van der Waals surface area contributed by atoms with Gasteiger partial charge < -0.3 is 31.7 Å². The number of hydrogen-bond acceptors (Lipinski definition) is 6. The van der Waals surface area contributed by atoms with Crippen molar-refractivity contribution < 1.29 is 34.5 Å². The number of rotatable bonds is 8. The first-order valence-corrected chi connectivity index (χ1v) is 5.60. The van der Waals surface area contributed by atoms with Crippen molar-refractivity contribution in [2.24, 2.45) is 5.73 Å². The number of hydrogen-bond donors (Lipinski definition) is 6. The maximum absolute atomic E-state index is 11.6. The Bertz CT molecular complexity index is 398. The van der Waals surface area contributed by atoms with Gasteiger partial charge in [-0.05, 0) is 6.92 Å². The van der Waals surface area contributed by atoms with E-state index in [9.17, 15) is 19.2 Å². The Morgan fingerprint density at radius 1 is 1.10 bits per heavy atom. The van der Waals surface area contributed by atoms with Gasteiger partial charge in [0, 0.05) is 0 Å². The molecule has 0 aromatic rings. The molecule has 3 unspecified atom stereocenters. The van der Waals surface area contributed by atoms with Crippen LogP contribution < -0.4 is 16.4 Å². The van der Waals surface area contributed by atoms with Crippen molar-refractivity contribution in [1.82, 2.24) is 10.6 Å². The van der Waals surface area contributed by atoms with E-state index in [1.165, 1.54) is 6.92 Å². The number of carbonyl (C=O) groups is 4. The van der Waals surface area contributed by atoms with Gasteiger partial charge in [-0.2, -0.15) is 0 Å². The van der Waals surface area contributed by atoms with Crippen LogP contribution in [0, 0.1) is 0 Å². The van der Waals surface area contributed by atoms with Crippen molar-refractivity contribution >= 4 is 23.8 Å². The second-order valence-electron chi connectivity index (χ2n) is 4.02. The summed E-state index contributed by atoms with van der Waals surface area (Å²) < 4.78 is 0. The third-order valence-electron chi connectivity index (χ3n) is 2.28. The number of nitrogens with two attached hydrogens (primary N) is 1. The molecule has 0 fully saturated rings. The Balaban J connectivity index is 4.53. The van der Waals surface area contributed by atoms with Crippen molar-refractivity contribution in [3.63, 3.8) is 0 Å². The summed E-state index contributed by atoms with van der Waals surface area (Å²) in [6, 6.07) is -3.94. The molecule has 20 heavy (non-hydrogen) atoms. The molecule has 0 rings (SSSR count). The largest absolute Gasteiger partial charge is 0.481 e. The number of aliphatic hydroxyl groups excluding tert-OH is 1. The highest BCUT2D eigenvalue weighted by atomic mass is 16.4. The maximum Gasteiger partial charge on any atom is 0.326 e. The normalized spacial score (nSPS) is 14.8. The Morgan fingerprint density at radius 3 is 2.05 bits per heavy atom. The summed E-state index contributed by atoms with van der Waals surface area (Å²) in [4.78, 5) is 44.1. The van der Waals surface area contributed by atoms with Crippen LogP contribution in [0.5, 0.6) is 0 Å². The van der Waals surface area contributed by atoms with E-state index in [1.54, 1.807) is 0 Å². The smallest absolute Gasteiger partial charge is 0.326 e. The Morgan fingerprint density at radius 2 is 1.65 bits per heavy atom. The molecular formula is C10H17N3O7. The Kier molecular flexibility index (Phi) is 7.18. The fourth-order valence-corrected chi connectivity index (χ4v) is 1.14. The summed E-state index contributed by atoms with van der Waals surface area (Å²) >= 11 is 0. The number of amides is 2. The number of carboxylic acid groups (broad SMARTS) is 2. The van der Waals surface area contributed by atoms with Crippen LogP contribution in [0.3, 0.4) is 0 Å². The van der Waals surface area contributed by atoms with Gasteiger partial charge in [0.15, 0.2) is 0 Å². The first kappa shape index (κ1) is 17.8. The monoisotopic (exact) mass is 291 g/mol. The molecule has 0 aromatic carbocycles. The predicted molar refractivity (Wildman–Crippen MR) is 64.5 cm³/mol. The van der Waals surface area contributed by atoms with Crippen molar-refractivity contribution in [3.05, 3.63) is 0 Å². The summed E-state index contributed by atoms with van der Waals surface area (Å²) in [5.41, 5.74) is 5.21. The second-order valence-corrected chi connectivity index (χ2v) is 4.02. The summed E-state index contributed by atoms with van der Waals surface area (Å²) in [7, 11) is 0. The van der Waals surface area contributed by atoms with Gasteiger partial charge in [0.05, 0.1) is 13.0 Å². The van der Waals surface area contributed by atoms with Crippen molar-refractivity contribution in [3.8, 4) is 0 Å². The van der Waals surface area contributed by atoms with Gasteiger partial charge in [-0.25, -0.2) is 4.79 Å². The van der Waals surface area contributed by atoms with Crippen LogP contribution in [-0.2, 0) is 19.2 Å². The molecule has 10 nitrogen and oxygen atoms in total. The SMILES string of the molecule is CC(NC(=O)C(N)CO)C(=O)NC(CC(=O)O)C(=O)O. The van der Waals surface area contributed by atoms with Crippen LogP contribution in [0.4, 0.5) is 0 Å². The number of nitrogens with one attached hydrogen (secondary N) is 2. The van der Waals surface area contributed by atoms with Gasteiger partial charge in [0.25, 0.3) is 0 Å². The molecule has 0 aliphatic rings. The third kappa shape index (κ3) is 6.11. The lowest BCUT2D eigenvalue weighted by Gasteiger charge is -2.18. The molecule has 0 spiro atoms. The lowest BCUT2D eigenvalue weighted by Crippen LogP contribution is -2.54. The molecule has 0 radical (unpaired) electrons. The lowest BCUT2D eigenvalue weighted by molar-refractivity contribution is -0.147. The van der Waals surface area contributed by atoms with Crippen LogP contribution >= 0.6 is 0 Å². The molecule has 0 saturated carbocycles. The standard InChI is InChI=1S/C10H17N3O7/c1-4(12-9(18)5(11)3-14)8(17)13-6(10(19)20)2-7(15)16/h4-6,14H,2-3,11H2,1H3,(H,12,18)(H,13,17)(H,15,16)(H,19,20). The number of carbonyl (C=O) groups excluding carboxylic acids is 2. The Hall–Kier alpha value is -2.20. The van der Waals surface area contributed by atoms with Crippen molar-refractivity contribution in [1.29, 1.82) is 0 Å². The molecule has 0 aliphatic heterocycles. The second kappa shape index (κ2) is 8.07. The summed E-state index contributed by atoms with van der Waals surface area (Å²) in [6.45, 7) is 0.647.